The van der Waals surface area contributed by atoms with E-state index in [0.29, 0.717) is 0 Å². The first-order chi connectivity index (χ1) is 12.6. The Labute approximate surface area is 153 Å². The molecule has 11 heteroatoms. The van der Waals surface area contributed by atoms with E-state index in [1.165, 1.54) is 20.2 Å². The molecule has 0 bridgehead atoms. The molecule has 148 valence electrons. The highest BCUT2D eigenvalue weighted by Crippen LogP contribution is 2.33. The highest BCUT2D eigenvalue weighted by atomic mass is 16.7. The zero-order chi connectivity index (χ0) is 20.3. The van der Waals surface area contributed by atoms with Crippen LogP contribution in [-0.2, 0) is 40.4 Å². The van der Waals surface area contributed by atoms with Gasteiger partial charge in [-0.3, -0.25) is 28.3 Å². The Kier molecular flexibility index (Phi) is 6.16. The lowest BCUT2D eigenvalue weighted by atomic mass is 10.1. The Bertz CT molecular complexity index is 856. The third-order valence-corrected chi connectivity index (χ3v) is 3.83. The third kappa shape index (κ3) is 4.61. The summed E-state index contributed by atoms with van der Waals surface area (Å²) in [7, 11) is 1.27. The van der Waals surface area contributed by atoms with Gasteiger partial charge < -0.3 is 18.9 Å². The molecule has 0 unspecified atom stereocenters. The highest BCUT2D eigenvalue weighted by Gasteiger charge is 2.50. The Hall–Kier alpha value is -2.95. The van der Waals surface area contributed by atoms with Gasteiger partial charge in [-0.25, -0.2) is 4.79 Å². The summed E-state index contributed by atoms with van der Waals surface area (Å²) >= 11 is 0. The van der Waals surface area contributed by atoms with Gasteiger partial charge in [0.1, 0.15) is 12.7 Å². The maximum absolute atomic E-state index is 12.4. The minimum Gasteiger partial charge on any atom is -0.463 e. The van der Waals surface area contributed by atoms with Crippen molar-refractivity contribution in [2.75, 3.05) is 6.61 Å². The van der Waals surface area contributed by atoms with Gasteiger partial charge in [0.05, 0.1) is 0 Å². The van der Waals surface area contributed by atoms with Crippen LogP contribution >= 0.6 is 0 Å². The van der Waals surface area contributed by atoms with E-state index >= 15 is 0 Å². The van der Waals surface area contributed by atoms with Crippen LogP contribution in [0.3, 0.4) is 0 Å². The summed E-state index contributed by atoms with van der Waals surface area (Å²) in [5.74, 6) is -1.97. The Balaban J connectivity index is 2.47. The molecule has 0 saturated carbocycles. The largest absolute Gasteiger partial charge is 0.463 e. The molecule has 1 saturated heterocycles. The zero-order valence-electron chi connectivity index (χ0n) is 15.2. The van der Waals surface area contributed by atoms with Crippen molar-refractivity contribution in [3.8, 4) is 0 Å². The van der Waals surface area contributed by atoms with Crippen LogP contribution in [0.2, 0.25) is 0 Å². The van der Waals surface area contributed by atoms with Gasteiger partial charge in [0.25, 0.3) is 5.56 Å². The second kappa shape index (κ2) is 8.16. The van der Waals surface area contributed by atoms with Gasteiger partial charge in [0.15, 0.2) is 18.4 Å². The van der Waals surface area contributed by atoms with Crippen molar-refractivity contribution < 1.29 is 33.3 Å². The molecule has 0 radical (unpaired) electrons. The standard InChI is InChI=1S/C16H20N2O9/c1-8(19)24-7-11-13(25-9(2)20)14(26-10(3)21)15(27-11)18-6-5-12(22)17(4)16(18)23/h5-6,11,13-15H,7H2,1-4H3/t11-,13-,14-,15-/m1/s1. The van der Waals surface area contributed by atoms with Crippen molar-refractivity contribution in [3.05, 3.63) is 33.1 Å². The predicted octanol–water partition coefficient (Wildman–Crippen LogP) is -1.13. The van der Waals surface area contributed by atoms with E-state index in [1.807, 2.05) is 0 Å². The number of rotatable bonds is 5. The third-order valence-electron chi connectivity index (χ3n) is 3.83. The lowest BCUT2D eigenvalue weighted by Gasteiger charge is -2.24. The quantitative estimate of drug-likeness (QED) is 0.457. The van der Waals surface area contributed by atoms with Crippen molar-refractivity contribution in [1.29, 1.82) is 0 Å². The summed E-state index contributed by atoms with van der Waals surface area (Å²) in [5, 5.41) is 0. The molecule has 0 amide bonds. The summed E-state index contributed by atoms with van der Waals surface area (Å²) in [6.45, 7) is 3.20. The second-order valence-corrected chi connectivity index (χ2v) is 5.92. The molecule has 2 heterocycles. The Morgan fingerprint density at radius 2 is 1.63 bits per heavy atom. The van der Waals surface area contributed by atoms with E-state index in [1.54, 1.807) is 0 Å². The molecule has 1 aliphatic rings. The number of carbonyl (C=O) groups excluding carboxylic acids is 3. The van der Waals surface area contributed by atoms with Gasteiger partial charge in [-0.05, 0) is 0 Å². The zero-order valence-corrected chi connectivity index (χ0v) is 15.2. The number of hydrogen-bond donors (Lipinski definition) is 0. The van der Waals surface area contributed by atoms with Crippen molar-refractivity contribution in [2.24, 2.45) is 7.05 Å². The van der Waals surface area contributed by atoms with Crippen LogP contribution < -0.4 is 11.2 Å². The molecule has 0 spiro atoms. The Morgan fingerprint density at radius 3 is 2.19 bits per heavy atom. The fourth-order valence-electron chi connectivity index (χ4n) is 2.70. The van der Waals surface area contributed by atoms with E-state index in [2.05, 4.69) is 0 Å². The van der Waals surface area contributed by atoms with Crippen LogP contribution in [0.15, 0.2) is 21.9 Å². The number of esters is 3. The lowest BCUT2D eigenvalue weighted by molar-refractivity contribution is -0.166. The van der Waals surface area contributed by atoms with E-state index < -0.39 is 53.7 Å². The molecule has 1 aromatic heterocycles. The fourth-order valence-corrected chi connectivity index (χ4v) is 2.70. The second-order valence-electron chi connectivity index (χ2n) is 5.92. The van der Waals surface area contributed by atoms with Crippen LogP contribution in [0.1, 0.15) is 27.0 Å². The molecule has 0 N–H and O–H groups in total. The van der Waals surface area contributed by atoms with Gasteiger partial charge in [-0.1, -0.05) is 0 Å². The molecule has 27 heavy (non-hydrogen) atoms. The van der Waals surface area contributed by atoms with E-state index in [-0.39, 0.29) is 6.61 Å². The van der Waals surface area contributed by atoms with Crippen LogP contribution in [0.4, 0.5) is 0 Å². The van der Waals surface area contributed by atoms with Crippen molar-refractivity contribution in [1.82, 2.24) is 9.13 Å². The van der Waals surface area contributed by atoms with E-state index in [0.717, 1.165) is 29.0 Å². The minimum atomic E-state index is -1.20. The molecule has 1 aromatic rings. The summed E-state index contributed by atoms with van der Waals surface area (Å²) in [4.78, 5) is 58.2. The van der Waals surface area contributed by atoms with Gasteiger partial charge in [0.2, 0.25) is 0 Å². The number of ether oxygens (including phenoxy) is 4. The molecule has 1 fully saturated rings. The van der Waals surface area contributed by atoms with Crippen LogP contribution in [-0.4, -0.2) is 52.0 Å². The van der Waals surface area contributed by atoms with Crippen LogP contribution in [0, 0.1) is 0 Å². The molecular weight excluding hydrogens is 364 g/mol. The SMILES string of the molecule is CC(=O)OC[C@H]1O[C@@H](n2ccc(=O)n(C)c2=O)[C@H](OC(C)=O)[C@@H]1OC(C)=O. The summed E-state index contributed by atoms with van der Waals surface area (Å²) in [6.07, 6.45) is -3.32. The molecule has 1 aliphatic heterocycles. The topological polar surface area (TPSA) is 132 Å². The Morgan fingerprint density at radius 1 is 1.04 bits per heavy atom. The molecule has 4 atom stereocenters. The molecule has 0 aromatic carbocycles. The maximum Gasteiger partial charge on any atom is 0.332 e. The molecular formula is C16H20N2O9. The van der Waals surface area contributed by atoms with Gasteiger partial charge in [0, 0.05) is 40.1 Å². The lowest BCUT2D eigenvalue weighted by Crippen LogP contribution is -2.44. The van der Waals surface area contributed by atoms with Gasteiger partial charge in [-0.2, -0.15) is 0 Å². The number of hydrogen-bond acceptors (Lipinski definition) is 9. The van der Waals surface area contributed by atoms with Crippen molar-refractivity contribution in [2.45, 2.75) is 45.3 Å². The van der Waals surface area contributed by atoms with E-state index in [4.69, 9.17) is 18.9 Å². The fraction of sp³-hybridized carbons (Fsp3) is 0.562. The van der Waals surface area contributed by atoms with Crippen LogP contribution in [0.25, 0.3) is 0 Å². The highest BCUT2D eigenvalue weighted by molar-refractivity contribution is 5.67. The number of aromatic nitrogens is 2. The van der Waals surface area contributed by atoms with Crippen molar-refractivity contribution in [3.63, 3.8) is 0 Å². The molecule has 0 aliphatic carbocycles. The monoisotopic (exact) mass is 384 g/mol. The first kappa shape index (κ1) is 20.4. The summed E-state index contributed by atoms with van der Waals surface area (Å²) in [5.41, 5.74) is -1.26. The number of nitrogens with zero attached hydrogens (tertiary/aromatic N) is 2. The van der Waals surface area contributed by atoms with Crippen molar-refractivity contribution >= 4 is 17.9 Å². The van der Waals surface area contributed by atoms with Gasteiger partial charge in [-0.15, -0.1) is 0 Å². The predicted molar refractivity (Wildman–Crippen MR) is 87.6 cm³/mol. The average Bonchev–Trinajstić information content (AvgIpc) is 2.87. The smallest absolute Gasteiger partial charge is 0.332 e. The molecule has 2 rings (SSSR count). The average molecular weight is 384 g/mol. The van der Waals surface area contributed by atoms with Crippen LogP contribution in [0.5, 0.6) is 0 Å². The summed E-state index contributed by atoms with van der Waals surface area (Å²) in [6, 6.07) is 1.13. The number of carbonyl (C=O) groups is 3. The first-order valence-corrected chi connectivity index (χ1v) is 8.03. The summed E-state index contributed by atoms with van der Waals surface area (Å²) < 4.78 is 22.9. The van der Waals surface area contributed by atoms with Gasteiger partial charge >= 0.3 is 23.6 Å². The first-order valence-electron chi connectivity index (χ1n) is 8.03. The molecule has 11 nitrogen and oxygen atoms in total. The maximum atomic E-state index is 12.4. The minimum absolute atomic E-state index is 0.290. The van der Waals surface area contributed by atoms with E-state index in [9.17, 15) is 24.0 Å². The normalized spacial score (nSPS) is 24.3.